The Kier molecular flexibility index (Phi) is 35.7. The Morgan fingerprint density at radius 3 is 1.15 bits per heavy atom. The molecule has 19 heteroatoms. The number of amides is 3. The molecule has 0 saturated carbocycles. The van der Waals surface area contributed by atoms with Crippen molar-refractivity contribution >= 4 is 64.9 Å². The van der Waals surface area contributed by atoms with Gasteiger partial charge in [-0.05, 0) is 64.7 Å². The number of carbonyl (C=O) groups is 11. The van der Waals surface area contributed by atoms with E-state index in [0.717, 1.165) is 70.6 Å². The van der Waals surface area contributed by atoms with Gasteiger partial charge in [0.1, 0.15) is 29.4 Å². The fourth-order valence-corrected chi connectivity index (χ4v) is 7.87. The molecule has 0 aromatic heterocycles. The van der Waals surface area contributed by atoms with Crippen LogP contribution in [0.15, 0.2) is 0 Å². The molecule has 0 rings (SSSR count). The predicted molar refractivity (Wildman–Crippen MR) is 250 cm³/mol. The second kappa shape index (κ2) is 38.7. The molecule has 3 amide bonds. The molecule has 68 heavy (non-hydrogen) atoms. The van der Waals surface area contributed by atoms with Crippen LogP contribution in [-0.2, 0) is 52.7 Å². The number of carboxylic acid groups (broad SMARTS) is 5. The molecule has 0 fully saturated rings. The van der Waals surface area contributed by atoms with Crippen molar-refractivity contribution in [3.05, 3.63) is 0 Å². The third-order valence-corrected chi connectivity index (χ3v) is 12.2. The lowest BCUT2D eigenvalue weighted by Crippen LogP contribution is -2.42. The number of carbonyl (C=O) groups excluding carboxylic acids is 6. The number of hydrogen-bond acceptors (Lipinski definition) is 11. The Bertz CT molecular complexity index is 1600. The van der Waals surface area contributed by atoms with Gasteiger partial charge >= 0.3 is 29.8 Å². The molecule has 0 radical (unpaired) electrons. The molecule has 0 aliphatic heterocycles. The summed E-state index contributed by atoms with van der Waals surface area (Å²) in [5, 5.41) is 54.4. The van der Waals surface area contributed by atoms with Gasteiger partial charge in [0, 0.05) is 63.8 Å². The summed E-state index contributed by atoms with van der Waals surface area (Å²) < 4.78 is 0. The number of carboxylic acids is 5. The Morgan fingerprint density at radius 2 is 0.765 bits per heavy atom. The summed E-state index contributed by atoms with van der Waals surface area (Å²) in [5.74, 6) is -11.6. The van der Waals surface area contributed by atoms with Crippen molar-refractivity contribution < 1.29 is 78.3 Å². The van der Waals surface area contributed by atoms with Gasteiger partial charge in [-0.15, -0.1) is 0 Å². The van der Waals surface area contributed by atoms with Gasteiger partial charge in [0.15, 0.2) is 0 Å². The lowest BCUT2D eigenvalue weighted by molar-refractivity contribution is -0.145. The number of unbranched alkanes of at least 4 members (excludes halogenated alkanes) is 14. The first-order chi connectivity index (χ1) is 32.3. The third kappa shape index (κ3) is 34.1. The van der Waals surface area contributed by atoms with Gasteiger partial charge in [-0.3, -0.25) is 43.2 Å². The van der Waals surface area contributed by atoms with E-state index in [1.54, 1.807) is 6.92 Å². The minimum absolute atomic E-state index is 0.0252. The fourth-order valence-electron chi connectivity index (χ4n) is 7.87. The largest absolute Gasteiger partial charge is 0.481 e. The highest BCUT2D eigenvalue weighted by Gasteiger charge is 2.28. The molecule has 0 aliphatic carbocycles. The normalized spacial score (nSPS) is 13.3. The maximum absolute atomic E-state index is 12.7. The lowest BCUT2D eigenvalue weighted by Gasteiger charge is -2.17. The number of nitrogens with one attached hydrogen (secondary N) is 3. The first-order valence-electron chi connectivity index (χ1n) is 24.8. The quantitative estimate of drug-likeness (QED) is 0.0291. The minimum Gasteiger partial charge on any atom is -0.481 e. The van der Waals surface area contributed by atoms with Crippen LogP contribution in [0.1, 0.15) is 206 Å². The van der Waals surface area contributed by atoms with E-state index >= 15 is 0 Å². The molecule has 0 saturated heterocycles. The van der Waals surface area contributed by atoms with E-state index in [0.29, 0.717) is 25.8 Å². The first-order valence-corrected chi connectivity index (χ1v) is 24.8. The highest BCUT2D eigenvalue weighted by molar-refractivity contribution is 5.88. The molecule has 0 aromatic rings. The van der Waals surface area contributed by atoms with Crippen LogP contribution in [0, 0.1) is 17.8 Å². The molecular weight excluding hydrogens is 887 g/mol. The second-order valence-corrected chi connectivity index (χ2v) is 18.0. The maximum Gasteiger partial charge on any atom is 0.326 e. The van der Waals surface area contributed by atoms with Gasteiger partial charge in [-0.25, -0.2) is 9.59 Å². The summed E-state index contributed by atoms with van der Waals surface area (Å²) in [7, 11) is 0. The van der Waals surface area contributed by atoms with Crippen molar-refractivity contribution in [3.63, 3.8) is 0 Å². The standard InChI is InChI=1S/C49H81N3O16/c1-3-35(34(2)53)20-18-19-31-50-42(56)30-27-41(49(67)68)52-44(58)29-24-37(47(63)64)33-39(55)25-26-40(48(65)66)51-43(57)28-23-36(46(61)62)32-38(54)21-16-14-12-10-8-6-4-5-7-9-11-13-15-17-22-45(59)60/h35-37,40-41H,3-33H2,1-2H3,(H,50,56)(H,51,57)(H,52,58)(H,59,60)(H,61,62)(H,63,64)(H,65,66)(H,67,68)/t35-,36+,37+,40-,41-/m0/s1. The summed E-state index contributed by atoms with van der Waals surface area (Å²) >= 11 is 0. The SMILES string of the molecule is CC[C@@H](CCCCNC(=O)CC[C@H](NC(=O)CC[C@H](CC(=O)CC[C@H](NC(=O)CC[C@H](CC(=O)CCCCCCCCCCCCCCCCC(=O)O)C(=O)O)C(=O)O)C(=O)O)C(=O)O)C(C)=O. The van der Waals surface area contributed by atoms with Crippen molar-refractivity contribution in [1.29, 1.82) is 0 Å². The molecule has 0 bridgehead atoms. The minimum atomic E-state index is -1.55. The van der Waals surface area contributed by atoms with Gasteiger partial charge in [-0.2, -0.15) is 0 Å². The van der Waals surface area contributed by atoms with Gasteiger partial charge in [0.05, 0.1) is 11.8 Å². The number of rotatable bonds is 46. The Labute approximate surface area is 401 Å². The van der Waals surface area contributed by atoms with Crippen LogP contribution in [0.4, 0.5) is 0 Å². The smallest absolute Gasteiger partial charge is 0.326 e. The maximum atomic E-state index is 12.7. The molecule has 0 spiro atoms. The van der Waals surface area contributed by atoms with Gasteiger partial charge < -0.3 is 41.5 Å². The average molecular weight is 968 g/mol. The van der Waals surface area contributed by atoms with Crippen LogP contribution in [0.3, 0.4) is 0 Å². The molecular formula is C49H81N3O16. The molecule has 19 nitrogen and oxygen atoms in total. The van der Waals surface area contributed by atoms with E-state index in [1.165, 1.54) is 25.7 Å². The van der Waals surface area contributed by atoms with Gasteiger partial charge in [0.2, 0.25) is 17.7 Å². The molecule has 0 heterocycles. The summed E-state index contributed by atoms with van der Waals surface area (Å²) in [5.41, 5.74) is 0. The van der Waals surface area contributed by atoms with Crippen molar-refractivity contribution in [2.75, 3.05) is 6.54 Å². The molecule has 8 N–H and O–H groups in total. The van der Waals surface area contributed by atoms with E-state index in [-0.39, 0.29) is 68.9 Å². The third-order valence-electron chi connectivity index (χ3n) is 12.2. The molecule has 0 unspecified atom stereocenters. The van der Waals surface area contributed by atoms with E-state index in [4.69, 9.17) is 5.11 Å². The first kappa shape index (κ1) is 62.8. The Hall–Kier alpha value is -5.23. The van der Waals surface area contributed by atoms with Crippen molar-refractivity contribution in [2.24, 2.45) is 17.8 Å². The van der Waals surface area contributed by atoms with Crippen LogP contribution >= 0.6 is 0 Å². The summed E-state index contributed by atoms with van der Waals surface area (Å²) in [6.07, 6.45) is 14.1. The summed E-state index contributed by atoms with van der Waals surface area (Å²) in [6, 6.07) is -2.99. The zero-order valence-corrected chi connectivity index (χ0v) is 40.5. The number of Topliss-reactive ketones (excluding diaryl/α,β-unsaturated/α-hetero) is 3. The highest BCUT2D eigenvalue weighted by Crippen LogP contribution is 2.19. The van der Waals surface area contributed by atoms with E-state index < -0.39 is 103 Å². The topological polar surface area (TPSA) is 325 Å². The predicted octanol–water partition coefficient (Wildman–Crippen LogP) is 6.79. The monoisotopic (exact) mass is 968 g/mol. The molecule has 0 aromatic carbocycles. The number of hydrogen-bond donors (Lipinski definition) is 8. The van der Waals surface area contributed by atoms with Crippen molar-refractivity contribution in [1.82, 2.24) is 16.0 Å². The Balaban J connectivity index is 4.57. The molecule has 5 atom stereocenters. The molecule has 388 valence electrons. The van der Waals surface area contributed by atoms with Crippen LogP contribution in [0.25, 0.3) is 0 Å². The molecule has 0 aliphatic rings. The Morgan fingerprint density at radius 1 is 0.382 bits per heavy atom. The zero-order valence-electron chi connectivity index (χ0n) is 40.5. The van der Waals surface area contributed by atoms with Gasteiger partial charge in [-0.1, -0.05) is 90.4 Å². The van der Waals surface area contributed by atoms with E-state index in [2.05, 4.69) is 16.0 Å². The van der Waals surface area contributed by atoms with E-state index in [9.17, 15) is 73.2 Å². The second-order valence-electron chi connectivity index (χ2n) is 18.0. The van der Waals surface area contributed by atoms with Crippen LogP contribution < -0.4 is 16.0 Å². The number of ketones is 3. The van der Waals surface area contributed by atoms with Crippen LogP contribution in [-0.4, -0.2) is 109 Å². The lowest BCUT2D eigenvalue weighted by atomic mass is 9.94. The zero-order chi connectivity index (χ0) is 51.3. The van der Waals surface area contributed by atoms with Crippen molar-refractivity contribution in [2.45, 2.75) is 219 Å². The van der Waals surface area contributed by atoms with Crippen molar-refractivity contribution in [3.8, 4) is 0 Å². The van der Waals surface area contributed by atoms with Crippen LogP contribution in [0.2, 0.25) is 0 Å². The van der Waals surface area contributed by atoms with Gasteiger partial charge in [0.25, 0.3) is 0 Å². The van der Waals surface area contributed by atoms with Crippen LogP contribution in [0.5, 0.6) is 0 Å². The van der Waals surface area contributed by atoms with E-state index in [1.807, 2.05) is 6.92 Å². The number of aliphatic carboxylic acids is 5. The average Bonchev–Trinajstić information content (AvgIpc) is 3.26. The highest BCUT2D eigenvalue weighted by atomic mass is 16.4. The summed E-state index contributed by atoms with van der Waals surface area (Å²) in [4.78, 5) is 132. The fraction of sp³-hybridized carbons (Fsp3) is 0.776. The summed E-state index contributed by atoms with van der Waals surface area (Å²) in [6.45, 7) is 3.81.